The van der Waals surface area contributed by atoms with Crippen molar-refractivity contribution in [1.29, 1.82) is 0 Å². The van der Waals surface area contributed by atoms with Crippen LogP contribution in [0.15, 0.2) is 36.5 Å². The molecule has 0 spiro atoms. The lowest BCUT2D eigenvalue weighted by atomic mass is 10.2. The van der Waals surface area contributed by atoms with E-state index in [2.05, 4.69) is 10.3 Å². The lowest BCUT2D eigenvalue weighted by Crippen LogP contribution is -2.12. The molecule has 0 aliphatic carbocycles. The molecule has 0 bridgehead atoms. The van der Waals surface area contributed by atoms with E-state index < -0.39 is 0 Å². The van der Waals surface area contributed by atoms with Crippen LogP contribution in [0, 0.1) is 12.7 Å². The molecule has 0 saturated carbocycles. The number of nitrogens with one attached hydrogen (secondary N) is 1. The first kappa shape index (κ1) is 12.5. The van der Waals surface area contributed by atoms with Crippen molar-refractivity contribution >= 4 is 23.2 Å². The normalized spacial score (nSPS) is 10.2. The molecule has 1 N–H and O–H groups in total. The van der Waals surface area contributed by atoms with Crippen molar-refractivity contribution in [3.8, 4) is 0 Å². The third-order valence-electron chi connectivity index (χ3n) is 2.40. The first-order valence-electron chi connectivity index (χ1n) is 5.25. The van der Waals surface area contributed by atoms with Gasteiger partial charge in [-0.05, 0) is 42.8 Å². The standard InChI is InChI=1S/C13H10ClFN2O/c1-8-6-10(2-3-11(8)15)17-13(18)9-4-5-16-12(14)7-9/h2-7H,1H3,(H,17,18). The zero-order valence-corrected chi connectivity index (χ0v) is 10.3. The highest BCUT2D eigenvalue weighted by molar-refractivity contribution is 6.29. The summed E-state index contributed by atoms with van der Waals surface area (Å²) in [7, 11) is 0. The number of amides is 1. The van der Waals surface area contributed by atoms with E-state index >= 15 is 0 Å². The second-order valence-electron chi connectivity index (χ2n) is 3.79. The molecule has 0 aliphatic heterocycles. The van der Waals surface area contributed by atoms with Crippen molar-refractivity contribution in [2.45, 2.75) is 6.92 Å². The number of hydrogen-bond acceptors (Lipinski definition) is 2. The van der Waals surface area contributed by atoms with Gasteiger partial charge in [0.2, 0.25) is 0 Å². The largest absolute Gasteiger partial charge is 0.322 e. The first-order chi connectivity index (χ1) is 8.56. The number of rotatable bonds is 2. The Labute approximate surface area is 109 Å². The molecule has 92 valence electrons. The topological polar surface area (TPSA) is 42.0 Å². The first-order valence-corrected chi connectivity index (χ1v) is 5.63. The predicted octanol–water partition coefficient (Wildman–Crippen LogP) is 3.43. The Hall–Kier alpha value is -1.94. The number of pyridine rings is 1. The van der Waals surface area contributed by atoms with Gasteiger partial charge in [-0.15, -0.1) is 0 Å². The minimum atomic E-state index is -0.315. The van der Waals surface area contributed by atoms with E-state index in [1.54, 1.807) is 19.1 Å². The summed E-state index contributed by atoms with van der Waals surface area (Å²) < 4.78 is 13.1. The summed E-state index contributed by atoms with van der Waals surface area (Å²) >= 11 is 5.70. The second-order valence-corrected chi connectivity index (χ2v) is 4.17. The van der Waals surface area contributed by atoms with E-state index in [4.69, 9.17) is 11.6 Å². The van der Waals surface area contributed by atoms with Crippen molar-refractivity contribution in [2.75, 3.05) is 5.32 Å². The molecule has 18 heavy (non-hydrogen) atoms. The van der Waals surface area contributed by atoms with Gasteiger partial charge < -0.3 is 5.32 Å². The molecule has 0 atom stereocenters. The average Bonchev–Trinajstić information content (AvgIpc) is 2.34. The highest BCUT2D eigenvalue weighted by Crippen LogP contribution is 2.15. The van der Waals surface area contributed by atoms with Crippen LogP contribution in [0.4, 0.5) is 10.1 Å². The quantitative estimate of drug-likeness (QED) is 0.845. The molecular weight excluding hydrogens is 255 g/mol. The lowest BCUT2D eigenvalue weighted by molar-refractivity contribution is 0.102. The average molecular weight is 265 g/mol. The van der Waals surface area contributed by atoms with E-state index in [9.17, 15) is 9.18 Å². The lowest BCUT2D eigenvalue weighted by Gasteiger charge is -2.06. The van der Waals surface area contributed by atoms with Crippen LogP contribution < -0.4 is 5.32 Å². The number of anilines is 1. The van der Waals surface area contributed by atoms with Gasteiger partial charge >= 0.3 is 0 Å². The summed E-state index contributed by atoms with van der Waals surface area (Å²) in [5.41, 5.74) is 1.41. The third kappa shape index (κ3) is 2.84. The second kappa shape index (κ2) is 5.14. The predicted molar refractivity (Wildman–Crippen MR) is 68.3 cm³/mol. The van der Waals surface area contributed by atoms with E-state index in [-0.39, 0.29) is 16.9 Å². The molecule has 0 radical (unpaired) electrons. The number of carbonyl (C=O) groups is 1. The highest BCUT2D eigenvalue weighted by Gasteiger charge is 2.07. The van der Waals surface area contributed by atoms with E-state index in [0.29, 0.717) is 16.8 Å². The Morgan fingerprint density at radius 1 is 1.33 bits per heavy atom. The Kier molecular flexibility index (Phi) is 3.58. The number of aromatic nitrogens is 1. The van der Waals surface area contributed by atoms with Crippen molar-refractivity contribution in [1.82, 2.24) is 4.98 Å². The van der Waals surface area contributed by atoms with Gasteiger partial charge in [-0.3, -0.25) is 4.79 Å². The third-order valence-corrected chi connectivity index (χ3v) is 2.61. The molecule has 1 aromatic heterocycles. The van der Waals surface area contributed by atoms with Crippen LogP contribution in [0.25, 0.3) is 0 Å². The van der Waals surface area contributed by atoms with Gasteiger partial charge in [0.15, 0.2) is 0 Å². The smallest absolute Gasteiger partial charge is 0.255 e. The molecule has 0 aliphatic rings. The summed E-state index contributed by atoms with van der Waals surface area (Å²) in [6.45, 7) is 1.63. The van der Waals surface area contributed by atoms with Gasteiger partial charge in [-0.2, -0.15) is 0 Å². The Bertz CT molecular complexity index is 601. The Morgan fingerprint density at radius 2 is 2.11 bits per heavy atom. The molecule has 5 heteroatoms. The van der Waals surface area contributed by atoms with Crippen molar-refractivity contribution in [3.05, 3.63) is 58.6 Å². The van der Waals surface area contributed by atoms with Gasteiger partial charge in [0.25, 0.3) is 5.91 Å². The molecule has 2 aromatic rings. The minimum Gasteiger partial charge on any atom is -0.322 e. The van der Waals surface area contributed by atoms with Gasteiger partial charge in [0.1, 0.15) is 11.0 Å². The fourth-order valence-corrected chi connectivity index (χ4v) is 1.64. The molecular formula is C13H10ClFN2O. The fourth-order valence-electron chi connectivity index (χ4n) is 1.47. The SMILES string of the molecule is Cc1cc(NC(=O)c2ccnc(Cl)c2)ccc1F. The Morgan fingerprint density at radius 3 is 2.78 bits per heavy atom. The van der Waals surface area contributed by atoms with Gasteiger partial charge in [-0.1, -0.05) is 11.6 Å². The summed E-state index contributed by atoms with van der Waals surface area (Å²) in [5, 5.41) is 2.91. The maximum atomic E-state index is 13.1. The highest BCUT2D eigenvalue weighted by atomic mass is 35.5. The van der Waals surface area contributed by atoms with Crippen LogP contribution in [0.2, 0.25) is 5.15 Å². The molecule has 0 fully saturated rings. The maximum absolute atomic E-state index is 13.1. The van der Waals surface area contributed by atoms with Crippen LogP contribution >= 0.6 is 11.6 Å². The van der Waals surface area contributed by atoms with Crippen LogP contribution in [0.1, 0.15) is 15.9 Å². The minimum absolute atomic E-state index is 0.248. The van der Waals surface area contributed by atoms with Crippen LogP contribution in [0.3, 0.4) is 0 Å². The van der Waals surface area contributed by atoms with Crippen LogP contribution in [0.5, 0.6) is 0 Å². The molecule has 0 unspecified atom stereocenters. The number of halogens is 2. The Balaban J connectivity index is 2.18. The molecule has 1 amide bonds. The summed E-state index contributed by atoms with van der Waals surface area (Å²) in [5.74, 6) is -0.620. The van der Waals surface area contributed by atoms with Crippen LogP contribution in [-0.4, -0.2) is 10.9 Å². The summed E-state index contributed by atoms with van der Waals surface area (Å²) in [4.78, 5) is 15.7. The number of hydrogen-bond donors (Lipinski definition) is 1. The molecule has 2 rings (SSSR count). The zero-order valence-electron chi connectivity index (χ0n) is 9.58. The van der Waals surface area contributed by atoms with Crippen molar-refractivity contribution in [3.63, 3.8) is 0 Å². The van der Waals surface area contributed by atoms with E-state index in [1.807, 2.05) is 0 Å². The van der Waals surface area contributed by atoms with Gasteiger partial charge in [-0.25, -0.2) is 9.37 Å². The molecule has 1 heterocycles. The zero-order chi connectivity index (χ0) is 13.1. The van der Waals surface area contributed by atoms with E-state index in [0.717, 1.165) is 0 Å². The summed E-state index contributed by atoms with van der Waals surface area (Å²) in [6, 6.07) is 7.40. The molecule has 1 aromatic carbocycles. The maximum Gasteiger partial charge on any atom is 0.255 e. The van der Waals surface area contributed by atoms with Gasteiger partial charge in [0, 0.05) is 17.4 Å². The molecule has 3 nitrogen and oxygen atoms in total. The number of aryl methyl sites for hydroxylation is 1. The number of benzene rings is 1. The number of carbonyl (C=O) groups excluding carboxylic acids is 1. The van der Waals surface area contributed by atoms with Crippen LogP contribution in [-0.2, 0) is 0 Å². The monoisotopic (exact) mass is 264 g/mol. The molecule has 0 saturated heterocycles. The van der Waals surface area contributed by atoms with Crippen molar-refractivity contribution in [2.24, 2.45) is 0 Å². The van der Waals surface area contributed by atoms with Crippen molar-refractivity contribution < 1.29 is 9.18 Å². The van der Waals surface area contributed by atoms with Gasteiger partial charge in [0.05, 0.1) is 0 Å². The fraction of sp³-hybridized carbons (Fsp3) is 0.0769. The summed E-state index contributed by atoms with van der Waals surface area (Å²) in [6.07, 6.45) is 1.45. The van der Waals surface area contributed by atoms with E-state index in [1.165, 1.54) is 24.4 Å². The number of nitrogens with zero attached hydrogens (tertiary/aromatic N) is 1.